The van der Waals surface area contributed by atoms with E-state index in [-0.39, 0.29) is 11.4 Å². The topological polar surface area (TPSA) is 76.2 Å². The summed E-state index contributed by atoms with van der Waals surface area (Å²) in [5.41, 5.74) is 7.17. The maximum atomic E-state index is 10.7. The van der Waals surface area contributed by atoms with Crippen LogP contribution in [-0.2, 0) is 0 Å². The van der Waals surface area contributed by atoms with Crippen molar-refractivity contribution in [3.05, 3.63) is 48.0 Å². The van der Waals surface area contributed by atoms with Gasteiger partial charge < -0.3 is 10.8 Å². The number of benzene rings is 1. The van der Waals surface area contributed by atoms with E-state index < -0.39 is 5.97 Å². The van der Waals surface area contributed by atoms with Crippen LogP contribution in [0.2, 0.25) is 0 Å². The molecule has 1 aromatic heterocycles. The van der Waals surface area contributed by atoms with Gasteiger partial charge >= 0.3 is 5.97 Å². The number of aromatic nitrogens is 1. The van der Waals surface area contributed by atoms with Gasteiger partial charge in [-0.25, -0.2) is 9.78 Å². The standard InChI is InChI=1S/C12H10N2O2/c13-11-9(12(15)16)6-7-10(14-11)8-4-2-1-3-5-8/h1-7H,(H2,13,14)(H,15,16). The molecule has 0 radical (unpaired) electrons. The molecule has 0 aliphatic carbocycles. The molecule has 2 rings (SSSR count). The highest BCUT2D eigenvalue weighted by atomic mass is 16.4. The van der Waals surface area contributed by atoms with Gasteiger partial charge in [-0.15, -0.1) is 0 Å². The van der Waals surface area contributed by atoms with Gasteiger partial charge in [0.1, 0.15) is 11.4 Å². The molecule has 4 nitrogen and oxygen atoms in total. The zero-order chi connectivity index (χ0) is 11.5. The number of carboxylic acid groups (broad SMARTS) is 1. The Kier molecular flexibility index (Phi) is 2.55. The summed E-state index contributed by atoms with van der Waals surface area (Å²) in [6, 6.07) is 12.6. The van der Waals surface area contributed by atoms with Gasteiger partial charge in [0.05, 0.1) is 5.69 Å². The first-order valence-corrected chi connectivity index (χ1v) is 4.73. The van der Waals surface area contributed by atoms with Crippen molar-refractivity contribution in [3.8, 4) is 11.3 Å². The van der Waals surface area contributed by atoms with E-state index in [0.29, 0.717) is 5.69 Å². The number of nitrogens with zero attached hydrogens (tertiary/aromatic N) is 1. The van der Waals surface area contributed by atoms with Gasteiger partial charge in [-0.3, -0.25) is 0 Å². The van der Waals surface area contributed by atoms with E-state index in [1.807, 2.05) is 30.3 Å². The summed E-state index contributed by atoms with van der Waals surface area (Å²) in [5.74, 6) is -1.03. The van der Waals surface area contributed by atoms with Crippen molar-refractivity contribution in [2.45, 2.75) is 0 Å². The number of anilines is 1. The molecule has 0 bridgehead atoms. The minimum Gasteiger partial charge on any atom is -0.478 e. The summed E-state index contributed by atoms with van der Waals surface area (Å²) in [6.45, 7) is 0. The summed E-state index contributed by atoms with van der Waals surface area (Å²) in [4.78, 5) is 14.8. The van der Waals surface area contributed by atoms with E-state index >= 15 is 0 Å². The molecule has 16 heavy (non-hydrogen) atoms. The zero-order valence-corrected chi connectivity index (χ0v) is 8.42. The third kappa shape index (κ3) is 1.86. The fourth-order valence-electron chi connectivity index (χ4n) is 1.43. The van der Waals surface area contributed by atoms with Gasteiger partial charge in [0.15, 0.2) is 0 Å². The van der Waals surface area contributed by atoms with Gasteiger partial charge in [-0.2, -0.15) is 0 Å². The summed E-state index contributed by atoms with van der Waals surface area (Å²) in [6.07, 6.45) is 0. The van der Waals surface area contributed by atoms with Crippen LogP contribution in [0.4, 0.5) is 5.82 Å². The molecule has 4 heteroatoms. The molecule has 0 unspecified atom stereocenters. The van der Waals surface area contributed by atoms with Crippen LogP contribution < -0.4 is 5.73 Å². The quantitative estimate of drug-likeness (QED) is 0.801. The second-order valence-electron chi connectivity index (χ2n) is 3.30. The molecule has 0 atom stereocenters. The maximum Gasteiger partial charge on any atom is 0.339 e. The third-order valence-electron chi connectivity index (χ3n) is 2.22. The molecule has 2 aromatic rings. The average molecular weight is 214 g/mol. The number of carboxylic acids is 1. The highest BCUT2D eigenvalue weighted by Gasteiger charge is 2.09. The molecule has 0 saturated carbocycles. The minimum atomic E-state index is -1.07. The lowest BCUT2D eigenvalue weighted by atomic mass is 10.1. The van der Waals surface area contributed by atoms with Crippen molar-refractivity contribution in [2.75, 3.05) is 5.73 Å². The highest BCUT2D eigenvalue weighted by Crippen LogP contribution is 2.19. The number of hydrogen-bond donors (Lipinski definition) is 2. The lowest BCUT2D eigenvalue weighted by Gasteiger charge is -2.04. The Hall–Kier alpha value is -2.36. The van der Waals surface area contributed by atoms with Crippen molar-refractivity contribution in [2.24, 2.45) is 0 Å². The van der Waals surface area contributed by atoms with Crippen LogP contribution in [0.15, 0.2) is 42.5 Å². The third-order valence-corrected chi connectivity index (χ3v) is 2.22. The minimum absolute atomic E-state index is 0.0275. The van der Waals surface area contributed by atoms with Crippen LogP contribution >= 0.6 is 0 Å². The fourth-order valence-corrected chi connectivity index (χ4v) is 1.43. The van der Waals surface area contributed by atoms with E-state index in [1.165, 1.54) is 6.07 Å². The largest absolute Gasteiger partial charge is 0.478 e. The summed E-state index contributed by atoms with van der Waals surface area (Å²) in [5, 5.41) is 8.81. The predicted octanol–water partition coefficient (Wildman–Crippen LogP) is 2.03. The van der Waals surface area contributed by atoms with Crippen LogP contribution in [-0.4, -0.2) is 16.1 Å². The molecule has 0 aliphatic rings. The number of pyridine rings is 1. The van der Waals surface area contributed by atoms with Crippen molar-refractivity contribution in [1.29, 1.82) is 0 Å². The van der Waals surface area contributed by atoms with E-state index in [4.69, 9.17) is 10.8 Å². The van der Waals surface area contributed by atoms with E-state index in [1.54, 1.807) is 6.07 Å². The smallest absolute Gasteiger partial charge is 0.339 e. The Morgan fingerprint density at radius 2 is 1.81 bits per heavy atom. The Labute approximate surface area is 92.4 Å². The Bertz CT molecular complexity index is 524. The average Bonchev–Trinajstić information content (AvgIpc) is 2.29. The number of rotatable bonds is 2. The van der Waals surface area contributed by atoms with Crippen LogP contribution in [0.3, 0.4) is 0 Å². The van der Waals surface area contributed by atoms with Crippen LogP contribution in [0, 0.1) is 0 Å². The van der Waals surface area contributed by atoms with Gasteiger partial charge in [-0.1, -0.05) is 30.3 Å². The molecule has 0 spiro atoms. The molecule has 0 fully saturated rings. The summed E-state index contributed by atoms with van der Waals surface area (Å²) < 4.78 is 0. The van der Waals surface area contributed by atoms with E-state index in [9.17, 15) is 4.79 Å². The molecule has 0 aliphatic heterocycles. The molecule has 0 amide bonds. The van der Waals surface area contributed by atoms with Gasteiger partial charge in [-0.05, 0) is 12.1 Å². The monoisotopic (exact) mass is 214 g/mol. The normalized spacial score (nSPS) is 10.0. The van der Waals surface area contributed by atoms with E-state index in [0.717, 1.165) is 5.56 Å². The number of carbonyl (C=O) groups is 1. The first kappa shape index (κ1) is 10.2. The molecule has 3 N–H and O–H groups in total. The lowest BCUT2D eigenvalue weighted by molar-refractivity contribution is 0.0697. The molecule has 1 heterocycles. The fraction of sp³-hybridized carbons (Fsp3) is 0. The van der Waals surface area contributed by atoms with Crippen LogP contribution in [0.1, 0.15) is 10.4 Å². The first-order chi connectivity index (χ1) is 7.68. The lowest BCUT2D eigenvalue weighted by Crippen LogP contribution is -2.04. The number of aromatic carboxylic acids is 1. The van der Waals surface area contributed by atoms with Crippen molar-refractivity contribution in [3.63, 3.8) is 0 Å². The second kappa shape index (κ2) is 4.02. The SMILES string of the molecule is Nc1nc(-c2ccccc2)ccc1C(=O)O. The van der Waals surface area contributed by atoms with E-state index in [2.05, 4.69) is 4.98 Å². The van der Waals surface area contributed by atoms with Crippen molar-refractivity contribution in [1.82, 2.24) is 4.98 Å². The van der Waals surface area contributed by atoms with Gasteiger partial charge in [0.2, 0.25) is 0 Å². The second-order valence-corrected chi connectivity index (χ2v) is 3.30. The number of nitrogen functional groups attached to an aromatic ring is 1. The maximum absolute atomic E-state index is 10.7. The molecular weight excluding hydrogens is 204 g/mol. The molecular formula is C12H10N2O2. The number of nitrogens with two attached hydrogens (primary N) is 1. The Balaban J connectivity index is 2.46. The molecule has 80 valence electrons. The Morgan fingerprint density at radius 1 is 1.12 bits per heavy atom. The first-order valence-electron chi connectivity index (χ1n) is 4.73. The molecule has 1 aromatic carbocycles. The zero-order valence-electron chi connectivity index (χ0n) is 8.42. The van der Waals surface area contributed by atoms with Crippen LogP contribution in [0.25, 0.3) is 11.3 Å². The van der Waals surface area contributed by atoms with Crippen molar-refractivity contribution < 1.29 is 9.90 Å². The summed E-state index contributed by atoms with van der Waals surface area (Å²) >= 11 is 0. The van der Waals surface area contributed by atoms with Crippen molar-refractivity contribution >= 4 is 11.8 Å². The van der Waals surface area contributed by atoms with Gasteiger partial charge in [0.25, 0.3) is 0 Å². The summed E-state index contributed by atoms with van der Waals surface area (Å²) in [7, 11) is 0. The highest BCUT2D eigenvalue weighted by molar-refractivity contribution is 5.93. The molecule has 0 saturated heterocycles. The number of hydrogen-bond acceptors (Lipinski definition) is 3. The van der Waals surface area contributed by atoms with Gasteiger partial charge in [0, 0.05) is 5.56 Å². The van der Waals surface area contributed by atoms with Crippen LogP contribution in [0.5, 0.6) is 0 Å². The predicted molar refractivity (Wildman–Crippen MR) is 61.0 cm³/mol. The Morgan fingerprint density at radius 3 is 2.38 bits per heavy atom.